The van der Waals surface area contributed by atoms with Gasteiger partial charge in [0.15, 0.2) is 0 Å². The number of benzene rings is 1. The summed E-state index contributed by atoms with van der Waals surface area (Å²) in [5.74, 6) is 0.832. The van der Waals surface area contributed by atoms with Gasteiger partial charge in [-0.2, -0.15) is 10.1 Å². The van der Waals surface area contributed by atoms with Crippen LogP contribution in [0.25, 0.3) is 11.4 Å². The molecule has 0 aliphatic heterocycles. The van der Waals surface area contributed by atoms with Crippen LogP contribution in [0.1, 0.15) is 35.8 Å². The third kappa shape index (κ3) is 2.66. The van der Waals surface area contributed by atoms with Gasteiger partial charge in [-0.25, -0.2) is 0 Å². The maximum absolute atomic E-state index is 11.1. The van der Waals surface area contributed by atoms with Crippen LogP contribution in [0.2, 0.25) is 0 Å². The van der Waals surface area contributed by atoms with E-state index >= 15 is 0 Å². The van der Waals surface area contributed by atoms with Crippen molar-refractivity contribution in [3.8, 4) is 11.4 Å². The van der Waals surface area contributed by atoms with E-state index in [9.17, 15) is 10.1 Å². The lowest BCUT2D eigenvalue weighted by atomic mass is 10.1. The molecule has 0 fully saturated rings. The molecule has 3 rings (SSSR count). The van der Waals surface area contributed by atoms with Gasteiger partial charge >= 0.3 is 5.69 Å². The van der Waals surface area contributed by atoms with Gasteiger partial charge in [0.25, 0.3) is 5.89 Å². The zero-order valence-electron chi connectivity index (χ0n) is 13.8. The van der Waals surface area contributed by atoms with E-state index in [-0.39, 0.29) is 5.69 Å². The van der Waals surface area contributed by atoms with Crippen LogP contribution < -0.4 is 0 Å². The number of nitrogens with zero attached hydrogens (tertiary/aromatic N) is 5. The second-order valence-corrected chi connectivity index (χ2v) is 5.72. The summed E-state index contributed by atoms with van der Waals surface area (Å²) >= 11 is 0. The quantitative estimate of drug-likeness (QED) is 0.538. The number of aryl methyl sites for hydroxylation is 2. The minimum atomic E-state index is -0.424. The van der Waals surface area contributed by atoms with E-state index in [1.807, 2.05) is 38.1 Å². The molecule has 8 nitrogen and oxygen atoms in total. The third-order valence-electron chi connectivity index (χ3n) is 3.95. The van der Waals surface area contributed by atoms with Crippen molar-refractivity contribution in [3.05, 3.63) is 57.2 Å². The molecule has 2 heterocycles. The smallest absolute Gasteiger partial charge is 0.312 e. The summed E-state index contributed by atoms with van der Waals surface area (Å²) in [6.07, 6.45) is 0. The van der Waals surface area contributed by atoms with E-state index in [1.54, 1.807) is 18.5 Å². The summed E-state index contributed by atoms with van der Waals surface area (Å²) in [4.78, 5) is 15.1. The first-order valence-electron chi connectivity index (χ1n) is 7.49. The first-order valence-corrected chi connectivity index (χ1v) is 7.49. The molecule has 0 amide bonds. The molecule has 1 unspecified atom stereocenters. The Morgan fingerprint density at radius 3 is 2.46 bits per heavy atom. The summed E-state index contributed by atoms with van der Waals surface area (Å²) < 4.78 is 6.88. The van der Waals surface area contributed by atoms with Crippen molar-refractivity contribution >= 4 is 5.69 Å². The Hall–Kier alpha value is -3.03. The molecule has 3 aromatic rings. The van der Waals surface area contributed by atoms with Gasteiger partial charge in [-0.3, -0.25) is 14.8 Å². The second-order valence-electron chi connectivity index (χ2n) is 5.72. The maximum atomic E-state index is 11.1. The van der Waals surface area contributed by atoms with Crippen molar-refractivity contribution in [2.75, 3.05) is 0 Å². The van der Waals surface area contributed by atoms with Crippen molar-refractivity contribution in [2.45, 2.75) is 33.7 Å². The molecular weight excluding hydrogens is 310 g/mol. The molecule has 0 spiro atoms. The number of rotatable bonds is 4. The molecule has 8 heteroatoms. The Bertz CT molecular complexity index is 895. The van der Waals surface area contributed by atoms with Gasteiger partial charge in [0.1, 0.15) is 17.4 Å². The van der Waals surface area contributed by atoms with Gasteiger partial charge in [0.05, 0.1) is 4.92 Å². The molecule has 0 saturated carbocycles. The lowest BCUT2D eigenvalue weighted by Gasteiger charge is -2.08. The van der Waals surface area contributed by atoms with Crippen molar-refractivity contribution in [1.29, 1.82) is 0 Å². The molecule has 24 heavy (non-hydrogen) atoms. The van der Waals surface area contributed by atoms with Crippen LogP contribution in [0.3, 0.4) is 0 Å². The average Bonchev–Trinajstić information content (AvgIpc) is 3.12. The highest BCUT2D eigenvalue weighted by molar-refractivity contribution is 5.54. The average molecular weight is 327 g/mol. The van der Waals surface area contributed by atoms with Gasteiger partial charge in [-0.1, -0.05) is 35.0 Å². The highest BCUT2D eigenvalue weighted by Gasteiger charge is 2.27. The summed E-state index contributed by atoms with van der Waals surface area (Å²) in [6, 6.07) is 7.38. The number of hydrogen-bond donors (Lipinski definition) is 0. The number of aromatic nitrogens is 4. The normalized spacial score (nSPS) is 12.3. The van der Waals surface area contributed by atoms with E-state index in [0.717, 1.165) is 11.1 Å². The fourth-order valence-corrected chi connectivity index (χ4v) is 2.62. The van der Waals surface area contributed by atoms with E-state index in [1.165, 1.54) is 0 Å². The second kappa shape index (κ2) is 5.88. The molecule has 0 N–H and O–H groups in total. The monoisotopic (exact) mass is 327 g/mol. The van der Waals surface area contributed by atoms with E-state index in [0.29, 0.717) is 23.1 Å². The Balaban J connectivity index is 1.94. The van der Waals surface area contributed by atoms with Gasteiger partial charge in [0.2, 0.25) is 5.82 Å². The van der Waals surface area contributed by atoms with Crippen LogP contribution >= 0.6 is 0 Å². The van der Waals surface area contributed by atoms with E-state index in [2.05, 4.69) is 15.2 Å². The molecule has 2 aromatic heterocycles. The predicted octanol–water partition coefficient (Wildman–Crippen LogP) is 3.38. The SMILES string of the molecule is Cc1ccc(-c2noc(C(C)n3nc(C)c([N+](=O)[O-])c3C)n2)cc1. The van der Waals surface area contributed by atoms with Crippen molar-refractivity contribution in [3.63, 3.8) is 0 Å². The summed E-state index contributed by atoms with van der Waals surface area (Å²) in [5, 5.41) is 19.4. The maximum Gasteiger partial charge on any atom is 0.312 e. The van der Waals surface area contributed by atoms with Crippen molar-refractivity contribution in [2.24, 2.45) is 0 Å². The number of hydrogen-bond acceptors (Lipinski definition) is 6. The molecule has 0 aliphatic rings. The molecule has 124 valence electrons. The zero-order chi connectivity index (χ0) is 17.4. The van der Waals surface area contributed by atoms with Crippen LogP contribution in [-0.4, -0.2) is 24.8 Å². The fourth-order valence-electron chi connectivity index (χ4n) is 2.62. The molecule has 1 atom stereocenters. The summed E-state index contributed by atoms with van der Waals surface area (Å²) in [7, 11) is 0. The van der Waals surface area contributed by atoms with Crippen LogP contribution in [0.15, 0.2) is 28.8 Å². The molecule has 0 radical (unpaired) electrons. The Morgan fingerprint density at radius 2 is 1.88 bits per heavy atom. The third-order valence-corrected chi connectivity index (χ3v) is 3.95. The van der Waals surface area contributed by atoms with E-state index < -0.39 is 11.0 Å². The lowest BCUT2D eigenvalue weighted by molar-refractivity contribution is -0.386. The van der Waals surface area contributed by atoms with Gasteiger partial charge in [0, 0.05) is 5.56 Å². The molecule has 0 bridgehead atoms. The number of nitro groups is 1. The Kier molecular flexibility index (Phi) is 3.88. The first-order chi connectivity index (χ1) is 11.4. The first kappa shape index (κ1) is 15.9. The minimum Gasteiger partial charge on any atom is -0.337 e. The van der Waals surface area contributed by atoms with E-state index in [4.69, 9.17) is 4.52 Å². The van der Waals surface area contributed by atoms with Gasteiger partial charge in [-0.15, -0.1) is 0 Å². The molecule has 0 saturated heterocycles. The Morgan fingerprint density at radius 1 is 1.21 bits per heavy atom. The van der Waals surface area contributed by atoms with Crippen LogP contribution in [0, 0.1) is 30.9 Å². The largest absolute Gasteiger partial charge is 0.337 e. The molecule has 0 aliphatic carbocycles. The highest BCUT2D eigenvalue weighted by atomic mass is 16.6. The van der Waals surface area contributed by atoms with Crippen LogP contribution in [0.4, 0.5) is 5.69 Å². The topological polar surface area (TPSA) is 99.9 Å². The highest BCUT2D eigenvalue weighted by Crippen LogP contribution is 2.28. The van der Waals surface area contributed by atoms with Gasteiger partial charge in [-0.05, 0) is 27.7 Å². The minimum absolute atomic E-state index is 0.0140. The summed E-state index contributed by atoms with van der Waals surface area (Å²) in [6.45, 7) is 7.09. The fraction of sp³-hybridized carbons (Fsp3) is 0.312. The van der Waals surface area contributed by atoms with Crippen molar-refractivity contribution < 1.29 is 9.45 Å². The Labute approximate surface area is 138 Å². The lowest BCUT2D eigenvalue weighted by Crippen LogP contribution is -2.11. The standard InChI is InChI=1S/C16H17N5O3/c1-9-5-7-13(8-6-9)15-17-16(24-19-15)12(4)20-11(3)14(21(22)23)10(2)18-20/h5-8,12H,1-4H3. The van der Waals surface area contributed by atoms with Crippen molar-refractivity contribution in [1.82, 2.24) is 19.9 Å². The molecular formula is C16H17N5O3. The van der Waals surface area contributed by atoms with Crippen LogP contribution in [-0.2, 0) is 0 Å². The molecule has 1 aromatic carbocycles. The summed E-state index contributed by atoms with van der Waals surface area (Å²) in [5.41, 5.74) is 2.83. The van der Waals surface area contributed by atoms with Crippen LogP contribution in [0.5, 0.6) is 0 Å². The van der Waals surface area contributed by atoms with Gasteiger partial charge < -0.3 is 4.52 Å². The predicted molar refractivity (Wildman–Crippen MR) is 86.6 cm³/mol. The zero-order valence-corrected chi connectivity index (χ0v) is 13.8.